The molecular weight excluding hydrogens is 260 g/mol. The number of hydrogen-bond donors (Lipinski definition) is 2. The van der Waals surface area contributed by atoms with Gasteiger partial charge in [0.15, 0.2) is 0 Å². The second-order valence-electron chi connectivity index (χ2n) is 7.92. The fourth-order valence-electron chi connectivity index (χ4n) is 3.04. The van der Waals surface area contributed by atoms with E-state index in [0.29, 0.717) is 5.92 Å². The van der Waals surface area contributed by atoms with Crippen molar-refractivity contribution in [2.24, 2.45) is 5.41 Å². The molecule has 2 N–H and O–H groups in total. The van der Waals surface area contributed by atoms with Gasteiger partial charge in [-0.15, -0.1) is 0 Å². The van der Waals surface area contributed by atoms with Gasteiger partial charge in [0.05, 0.1) is 0 Å². The summed E-state index contributed by atoms with van der Waals surface area (Å²) < 4.78 is 0. The smallest absolute Gasteiger partial charge is 0.135 e. The predicted octanol–water partition coefficient (Wildman–Crippen LogP) is 4.66. The summed E-state index contributed by atoms with van der Waals surface area (Å²) in [4.78, 5) is 8.89. The number of nitrogens with zero attached hydrogens (tertiary/aromatic N) is 2. The monoisotopic (exact) mass is 292 g/mol. The average Bonchev–Trinajstić information content (AvgIpc) is 2.24. The summed E-state index contributed by atoms with van der Waals surface area (Å²) in [7, 11) is 0. The number of rotatable bonds is 6. The van der Waals surface area contributed by atoms with Crippen molar-refractivity contribution in [2.45, 2.75) is 73.3 Å². The largest absolute Gasteiger partial charge is 0.370 e. The van der Waals surface area contributed by atoms with E-state index in [-0.39, 0.29) is 11.0 Å². The van der Waals surface area contributed by atoms with Crippen LogP contribution < -0.4 is 10.6 Å². The Kier molecular flexibility index (Phi) is 5.60. The van der Waals surface area contributed by atoms with Gasteiger partial charge in [-0.25, -0.2) is 9.97 Å². The number of hydrogen-bond acceptors (Lipinski definition) is 4. The third-order valence-electron chi connectivity index (χ3n) is 3.23. The van der Waals surface area contributed by atoms with Crippen LogP contribution in [0.3, 0.4) is 0 Å². The minimum Gasteiger partial charge on any atom is -0.370 e. The Morgan fingerprint density at radius 1 is 1.05 bits per heavy atom. The average molecular weight is 292 g/mol. The standard InChI is InChI=1S/C17H32N4/c1-9-18-14-13(12(2)3)15(20-11-19-14)21-17(7,8)10-16(4,5)6/h11-12H,9-10H2,1-8H3,(H2,18,19,20,21). The molecule has 1 aromatic heterocycles. The van der Waals surface area contributed by atoms with Crippen LogP contribution in [0.2, 0.25) is 0 Å². The summed E-state index contributed by atoms with van der Waals surface area (Å²) in [6.07, 6.45) is 2.71. The topological polar surface area (TPSA) is 49.8 Å². The summed E-state index contributed by atoms with van der Waals surface area (Å²) in [6, 6.07) is 0. The highest BCUT2D eigenvalue weighted by atomic mass is 15.1. The Balaban J connectivity index is 3.10. The third kappa shape index (κ3) is 5.52. The molecule has 4 heteroatoms. The first-order valence-electron chi connectivity index (χ1n) is 7.92. The van der Waals surface area contributed by atoms with Crippen molar-refractivity contribution in [1.29, 1.82) is 0 Å². The first-order chi connectivity index (χ1) is 9.56. The van der Waals surface area contributed by atoms with Crippen LogP contribution in [0.5, 0.6) is 0 Å². The van der Waals surface area contributed by atoms with E-state index in [4.69, 9.17) is 0 Å². The molecule has 0 aromatic carbocycles. The second-order valence-corrected chi connectivity index (χ2v) is 7.92. The molecule has 0 radical (unpaired) electrons. The minimum absolute atomic E-state index is 0.0142. The first kappa shape index (κ1) is 17.7. The molecule has 0 saturated heterocycles. The molecule has 1 rings (SSSR count). The van der Waals surface area contributed by atoms with Crippen molar-refractivity contribution in [3.63, 3.8) is 0 Å². The van der Waals surface area contributed by atoms with Crippen molar-refractivity contribution in [3.8, 4) is 0 Å². The Hall–Kier alpha value is -1.32. The zero-order valence-electron chi connectivity index (χ0n) is 15.0. The minimum atomic E-state index is -0.0142. The maximum atomic E-state index is 4.50. The zero-order chi connectivity index (χ0) is 16.3. The Bertz CT molecular complexity index is 458. The van der Waals surface area contributed by atoms with Crippen LogP contribution in [0, 0.1) is 5.41 Å². The second kappa shape index (κ2) is 6.63. The molecule has 1 heterocycles. The van der Waals surface area contributed by atoms with Gasteiger partial charge in [0.1, 0.15) is 18.0 Å². The van der Waals surface area contributed by atoms with E-state index in [0.717, 1.165) is 24.6 Å². The van der Waals surface area contributed by atoms with Crippen LogP contribution in [0.4, 0.5) is 11.6 Å². The highest BCUT2D eigenvalue weighted by Gasteiger charge is 2.27. The number of aromatic nitrogens is 2. The van der Waals surface area contributed by atoms with Crippen molar-refractivity contribution >= 4 is 11.6 Å². The van der Waals surface area contributed by atoms with Crippen LogP contribution in [0.15, 0.2) is 6.33 Å². The van der Waals surface area contributed by atoms with Crippen molar-refractivity contribution in [2.75, 3.05) is 17.2 Å². The van der Waals surface area contributed by atoms with Crippen LogP contribution in [-0.4, -0.2) is 22.1 Å². The van der Waals surface area contributed by atoms with Gasteiger partial charge in [-0.2, -0.15) is 0 Å². The van der Waals surface area contributed by atoms with E-state index in [1.165, 1.54) is 5.56 Å². The Morgan fingerprint density at radius 3 is 2.10 bits per heavy atom. The number of nitrogens with one attached hydrogen (secondary N) is 2. The van der Waals surface area contributed by atoms with Crippen LogP contribution in [0.1, 0.15) is 73.3 Å². The van der Waals surface area contributed by atoms with E-state index in [2.05, 4.69) is 76.0 Å². The van der Waals surface area contributed by atoms with Gasteiger partial charge in [0.2, 0.25) is 0 Å². The lowest BCUT2D eigenvalue weighted by atomic mass is 9.81. The Morgan fingerprint density at radius 2 is 1.62 bits per heavy atom. The predicted molar refractivity (Wildman–Crippen MR) is 92.1 cm³/mol. The molecule has 1 aromatic rings. The van der Waals surface area contributed by atoms with Crippen molar-refractivity contribution in [3.05, 3.63) is 11.9 Å². The first-order valence-corrected chi connectivity index (χ1v) is 7.92. The van der Waals surface area contributed by atoms with Crippen molar-refractivity contribution in [1.82, 2.24) is 9.97 Å². The lowest BCUT2D eigenvalue weighted by Gasteiger charge is -2.34. The van der Waals surface area contributed by atoms with Crippen molar-refractivity contribution < 1.29 is 0 Å². The quantitative estimate of drug-likeness (QED) is 0.800. The maximum Gasteiger partial charge on any atom is 0.135 e. The van der Waals surface area contributed by atoms with Gasteiger partial charge in [0, 0.05) is 17.6 Å². The van der Waals surface area contributed by atoms with E-state index in [1.807, 2.05) is 0 Å². The molecule has 0 aliphatic heterocycles. The highest BCUT2D eigenvalue weighted by Crippen LogP contribution is 2.33. The molecule has 0 unspecified atom stereocenters. The lowest BCUT2D eigenvalue weighted by molar-refractivity contribution is 0.302. The molecule has 0 aliphatic carbocycles. The summed E-state index contributed by atoms with van der Waals surface area (Å²) in [5.41, 5.74) is 1.42. The molecule has 120 valence electrons. The molecule has 0 amide bonds. The molecule has 0 spiro atoms. The van der Waals surface area contributed by atoms with Gasteiger partial charge in [-0.05, 0) is 38.5 Å². The van der Waals surface area contributed by atoms with Crippen LogP contribution in [0.25, 0.3) is 0 Å². The molecular formula is C17H32N4. The summed E-state index contributed by atoms with van der Waals surface area (Å²) in [5.74, 6) is 2.26. The van der Waals surface area contributed by atoms with E-state index < -0.39 is 0 Å². The fourth-order valence-corrected chi connectivity index (χ4v) is 3.04. The fraction of sp³-hybridized carbons (Fsp3) is 0.765. The molecule has 0 saturated carbocycles. The van der Waals surface area contributed by atoms with Crippen LogP contribution >= 0.6 is 0 Å². The van der Waals surface area contributed by atoms with Gasteiger partial charge in [0.25, 0.3) is 0 Å². The highest BCUT2D eigenvalue weighted by molar-refractivity contribution is 5.59. The molecule has 0 fully saturated rings. The lowest BCUT2D eigenvalue weighted by Crippen LogP contribution is -2.36. The normalized spacial score (nSPS) is 12.6. The SMILES string of the molecule is CCNc1ncnc(NC(C)(C)CC(C)(C)C)c1C(C)C. The van der Waals surface area contributed by atoms with Gasteiger partial charge < -0.3 is 10.6 Å². The van der Waals surface area contributed by atoms with E-state index >= 15 is 0 Å². The summed E-state index contributed by atoms with van der Waals surface area (Å²) in [5, 5.41) is 6.97. The third-order valence-corrected chi connectivity index (χ3v) is 3.23. The molecule has 0 atom stereocenters. The maximum absolute atomic E-state index is 4.50. The van der Waals surface area contributed by atoms with E-state index in [1.54, 1.807) is 6.33 Å². The molecule has 0 aliphatic rings. The molecule has 0 bridgehead atoms. The van der Waals surface area contributed by atoms with E-state index in [9.17, 15) is 0 Å². The zero-order valence-corrected chi connectivity index (χ0v) is 15.0. The van der Waals surface area contributed by atoms with Gasteiger partial charge in [-0.3, -0.25) is 0 Å². The molecule has 21 heavy (non-hydrogen) atoms. The van der Waals surface area contributed by atoms with Crippen LogP contribution in [-0.2, 0) is 0 Å². The number of anilines is 2. The van der Waals surface area contributed by atoms with Gasteiger partial charge in [-0.1, -0.05) is 34.6 Å². The Labute approximate surface area is 130 Å². The summed E-state index contributed by atoms with van der Waals surface area (Å²) >= 11 is 0. The van der Waals surface area contributed by atoms with Gasteiger partial charge >= 0.3 is 0 Å². The molecule has 4 nitrogen and oxygen atoms in total. The summed E-state index contributed by atoms with van der Waals surface area (Å²) in [6.45, 7) is 18.6.